The Morgan fingerprint density at radius 1 is 1.28 bits per heavy atom. The van der Waals surface area contributed by atoms with E-state index in [4.69, 9.17) is 9.52 Å². The molecular formula is C20H20N2O3. The molecule has 1 atom stereocenters. The van der Waals surface area contributed by atoms with Crippen LogP contribution in [0.4, 0.5) is 0 Å². The first-order valence-electron chi connectivity index (χ1n) is 8.50. The standard InChI is InChI=1S/C20H20N2O3/c1-13-2-7-18-17(10-13)21-19(25-18)16-8-9-22(12-16)11-14-3-5-15(6-4-14)20(23)24/h2-7,10,16H,8-9,11-12H2,1H3,(H,23,24)/t16-/m0/s1. The van der Waals surface area contributed by atoms with E-state index in [1.54, 1.807) is 12.1 Å². The number of hydrogen-bond donors (Lipinski definition) is 1. The molecule has 128 valence electrons. The quantitative estimate of drug-likeness (QED) is 0.784. The van der Waals surface area contributed by atoms with Gasteiger partial charge in [0.25, 0.3) is 0 Å². The Balaban J connectivity index is 1.44. The van der Waals surface area contributed by atoms with Crippen molar-refractivity contribution in [3.05, 3.63) is 65.0 Å². The third-order valence-corrected chi connectivity index (χ3v) is 4.79. The molecule has 2 heterocycles. The summed E-state index contributed by atoms with van der Waals surface area (Å²) in [5, 5.41) is 8.97. The van der Waals surface area contributed by atoms with Crippen molar-refractivity contribution in [2.45, 2.75) is 25.8 Å². The Morgan fingerprint density at radius 3 is 2.84 bits per heavy atom. The Morgan fingerprint density at radius 2 is 2.08 bits per heavy atom. The number of aryl methyl sites for hydroxylation is 1. The fraction of sp³-hybridized carbons (Fsp3) is 0.300. The molecule has 1 N–H and O–H groups in total. The van der Waals surface area contributed by atoms with Crippen LogP contribution >= 0.6 is 0 Å². The van der Waals surface area contributed by atoms with Gasteiger partial charge in [0.05, 0.1) is 5.56 Å². The highest BCUT2D eigenvalue weighted by molar-refractivity contribution is 5.87. The molecule has 3 aromatic rings. The lowest BCUT2D eigenvalue weighted by Crippen LogP contribution is -2.19. The normalized spacial score (nSPS) is 18.0. The lowest BCUT2D eigenvalue weighted by molar-refractivity contribution is 0.0697. The van der Waals surface area contributed by atoms with E-state index >= 15 is 0 Å². The fourth-order valence-electron chi connectivity index (χ4n) is 3.42. The van der Waals surface area contributed by atoms with Crippen molar-refractivity contribution in [3.8, 4) is 0 Å². The highest BCUT2D eigenvalue weighted by Crippen LogP contribution is 2.30. The summed E-state index contributed by atoms with van der Waals surface area (Å²) >= 11 is 0. The van der Waals surface area contributed by atoms with Crippen molar-refractivity contribution < 1.29 is 14.3 Å². The molecular weight excluding hydrogens is 316 g/mol. The second-order valence-corrected chi connectivity index (χ2v) is 6.75. The van der Waals surface area contributed by atoms with Gasteiger partial charge in [0, 0.05) is 19.0 Å². The van der Waals surface area contributed by atoms with Crippen LogP contribution in [-0.2, 0) is 6.54 Å². The number of carboxylic acids is 1. The van der Waals surface area contributed by atoms with E-state index in [0.717, 1.165) is 48.6 Å². The Hall–Kier alpha value is -2.66. The summed E-state index contributed by atoms with van der Waals surface area (Å²) in [4.78, 5) is 18.0. The molecule has 1 aliphatic rings. The number of carboxylic acid groups (broad SMARTS) is 1. The van der Waals surface area contributed by atoms with Gasteiger partial charge in [0.15, 0.2) is 11.5 Å². The van der Waals surface area contributed by atoms with E-state index in [2.05, 4.69) is 22.9 Å². The minimum Gasteiger partial charge on any atom is -0.478 e. The van der Waals surface area contributed by atoms with Crippen LogP contribution in [0.25, 0.3) is 11.1 Å². The van der Waals surface area contributed by atoms with E-state index in [1.165, 1.54) is 5.56 Å². The second-order valence-electron chi connectivity index (χ2n) is 6.75. The Kier molecular flexibility index (Phi) is 4.01. The molecule has 0 saturated carbocycles. The fourth-order valence-corrected chi connectivity index (χ4v) is 3.42. The molecule has 0 unspecified atom stereocenters. The van der Waals surface area contributed by atoms with Crippen molar-refractivity contribution >= 4 is 17.1 Å². The van der Waals surface area contributed by atoms with Crippen molar-refractivity contribution in [3.63, 3.8) is 0 Å². The van der Waals surface area contributed by atoms with Gasteiger partial charge < -0.3 is 9.52 Å². The number of oxazole rings is 1. The zero-order valence-corrected chi connectivity index (χ0v) is 14.1. The predicted molar refractivity (Wildman–Crippen MR) is 94.8 cm³/mol. The van der Waals surface area contributed by atoms with Crippen LogP contribution in [0.3, 0.4) is 0 Å². The first kappa shape index (κ1) is 15.8. The maximum Gasteiger partial charge on any atom is 0.335 e. The Labute approximate surface area is 145 Å². The van der Waals surface area contributed by atoms with Crippen molar-refractivity contribution in [1.29, 1.82) is 0 Å². The Bertz CT molecular complexity index is 914. The summed E-state index contributed by atoms with van der Waals surface area (Å²) in [5.74, 6) is 0.245. The molecule has 0 bridgehead atoms. The van der Waals surface area contributed by atoms with Crippen LogP contribution in [0.2, 0.25) is 0 Å². The van der Waals surface area contributed by atoms with Gasteiger partial charge in [-0.25, -0.2) is 9.78 Å². The number of likely N-dealkylation sites (tertiary alicyclic amines) is 1. The molecule has 1 fully saturated rings. The number of fused-ring (bicyclic) bond motifs is 1. The summed E-state index contributed by atoms with van der Waals surface area (Å²) in [7, 11) is 0. The lowest BCUT2D eigenvalue weighted by atomic mass is 10.1. The molecule has 0 amide bonds. The van der Waals surface area contributed by atoms with Crippen LogP contribution in [0.1, 0.15) is 39.7 Å². The van der Waals surface area contributed by atoms with E-state index < -0.39 is 5.97 Å². The van der Waals surface area contributed by atoms with Gasteiger partial charge in [-0.3, -0.25) is 4.90 Å². The summed E-state index contributed by atoms with van der Waals surface area (Å²) < 4.78 is 5.94. The third-order valence-electron chi connectivity index (χ3n) is 4.79. The largest absolute Gasteiger partial charge is 0.478 e. The van der Waals surface area contributed by atoms with Crippen molar-refractivity contribution in [1.82, 2.24) is 9.88 Å². The molecule has 25 heavy (non-hydrogen) atoms. The summed E-state index contributed by atoms with van der Waals surface area (Å²) in [6, 6.07) is 13.2. The molecule has 0 radical (unpaired) electrons. The summed E-state index contributed by atoms with van der Waals surface area (Å²) in [6.45, 7) is 4.77. The lowest BCUT2D eigenvalue weighted by Gasteiger charge is -2.15. The van der Waals surface area contributed by atoms with Crippen LogP contribution in [0.5, 0.6) is 0 Å². The van der Waals surface area contributed by atoms with Gasteiger partial charge in [-0.1, -0.05) is 18.2 Å². The van der Waals surface area contributed by atoms with Crippen molar-refractivity contribution in [2.75, 3.05) is 13.1 Å². The van der Waals surface area contributed by atoms with Crippen molar-refractivity contribution in [2.24, 2.45) is 0 Å². The van der Waals surface area contributed by atoms with Gasteiger partial charge in [-0.2, -0.15) is 0 Å². The highest BCUT2D eigenvalue weighted by atomic mass is 16.4. The molecule has 1 aliphatic heterocycles. The molecule has 5 heteroatoms. The summed E-state index contributed by atoms with van der Waals surface area (Å²) in [6.07, 6.45) is 1.03. The van der Waals surface area contributed by atoms with E-state index in [1.807, 2.05) is 24.3 Å². The predicted octanol–water partition coefficient (Wildman–Crippen LogP) is 3.82. The molecule has 0 spiro atoms. The molecule has 2 aromatic carbocycles. The van der Waals surface area contributed by atoms with E-state index in [9.17, 15) is 4.79 Å². The number of rotatable bonds is 4. The number of benzene rings is 2. The first-order valence-corrected chi connectivity index (χ1v) is 8.50. The molecule has 5 nitrogen and oxygen atoms in total. The third kappa shape index (κ3) is 3.28. The van der Waals surface area contributed by atoms with Gasteiger partial charge in [-0.05, 0) is 55.3 Å². The van der Waals surface area contributed by atoms with Gasteiger partial charge in [0.1, 0.15) is 5.52 Å². The molecule has 4 rings (SSSR count). The van der Waals surface area contributed by atoms with E-state index in [0.29, 0.717) is 11.5 Å². The number of aromatic nitrogens is 1. The summed E-state index contributed by atoms with van der Waals surface area (Å²) in [5.41, 5.74) is 4.41. The monoisotopic (exact) mass is 336 g/mol. The zero-order chi connectivity index (χ0) is 17.4. The number of hydrogen-bond acceptors (Lipinski definition) is 4. The average Bonchev–Trinajstić information content (AvgIpc) is 3.21. The van der Waals surface area contributed by atoms with E-state index in [-0.39, 0.29) is 0 Å². The zero-order valence-electron chi connectivity index (χ0n) is 14.1. The topological polar surface area (TPSA) is 66.6 Å². The minimum absolute atomic E-state index is 0.311. The minimum atomic E-state index is -0.890. The van der Waals surface area contributed by atoms with Gasteiger partial charge in [0.2, 0.25) is 0 Å². The maximum atomic E-state index is 10.9. The highest BCUT2D eigenvalue weighted by Gasteiger charge is 2.27. The van der Waals surface area contributed by atoms with Crippen LogP contribution in [-0.4, -0.2) is 34.0 Å². The van der Waals surface area contributed by atoms with Gasteiger partial charge >= 0.3 is 5.97 Å². The molecule has 0 aliphatic carbocycles. The smallest absolute Gasteiger partial charge is 0.335 e. The SMILES string of the molecule is Cc1ccc2oc([C@H]3CCN(Cc4ccc(C(=O)O)cc4)C3)nc2c1. The number of carbonyl (C=O) groups is 1. The van der Waals surface area contributed by atoms with Crippen LogP contribution in [0.15, 0.2) is 46.9 Å². The first-order chi connectivity index (χ1) is 12.1. The van der Waals surface area contributed by atoms with Crippen LogP contribution < -0.4 is 0 Å². The number of aromatic carboxylic acids is 1. The van der Waals surface area contributed by atoms with Gasteiger partial charge in [-0.15, -0.1) is 0 Å². The number of nitrogens with zero attached hydrogens (tertiary/aromatic N) is 2. The molecule has 1 saturated heterocycles. The van der Waals surface area contributed by atoms with Crippen LogP contribution in [0, 0.1) is 6.92 Å². The maximum absolute atomic E-state index is 10.9. The molecule has 1 aromatic heterocycles. The average molecular weight is 336 g/mol. The second kappa shape index (κ2) is 6.33.